The summed E-state index contributed by atoms with van der Waals surface area (Å²) in [6.07, 6.45) is 1.55. The van der Waals surface area contributed by atoms with Gasteiger partial charge in [0.25, 0.3) is 0 Å². The molecule has 5 nitrogen and oxygen atoms in total. The van der Waals surface area contributed by atoms with Gasteiger partial charge in [0.05, 0.1) is 6.61 Å². The van der Waals surface area contributed by atoms with Crippen molar-refractivity contribution in [3.05, 3.63) is 53.9 Å². The Bertz CT molecular complexity index is 570. The third-order valence-corrected chi connectivity index (χ3v) is 2.33. The number of amidine groups is 1. The zero-order valence-corrected chi connectivity index (χ0v) is 9.63. The quantitative estimate of drug-likeness (QED) is 0.562. The van der Waals surface area contributed by atoms with Gasteiger partial charge in [-0.3, -0.25) is 5.41 Å². The second-order valence-electron chi connectivity index (χ2n) is 3.67. The van der Waals surface area contributed by atoms with Gasteiger partial charge in [-0.1, -0.05) is 12.1 Å². The summed E-state index contributed by atoms with van der Waals surface area (Å²) in [5.41, 5.74) is 6.47. The molecule has 1 heterocycles. The van der Waals surface area contributed by atoms with Crippen molar-refractivity contribution < 1.29 is 9.84 Å². The number of benzene rings is 1. The number of hydrogen-bond donors (Lipinski definition) is 3. The smallest absolute Gasteiger partial charge is 0.156 e. The number of aliphatic hydroxyl groups is 1. The van der Waals surface area contributed by atoms with E-state index in [9.17, 15) is 0 Å². The maximum absolute atomic E-state index is 9.05. The molecule has 0 spiro atoms. The standard InChI is InChI=1S/C13H13N3O2/c14-13(15)12-11(5-2-6-16-12)18-10-4-1-3-9(7-10)8-17/h1-7,17H,8H2,(H3,14,15). The van der Waals surface area contributed by atoms with Crippen molar-refractivity contribution in [3.63, 3.8) is 0 Å². The number of nitrogens with two attached hydrogens (primary N) is 1. The van der Waals surface area contributed by atoms with Crippen LogP contribution in [0, 0.1) is 5.41 Å². The molecule has 4 N–H and O–H groups in total. The number of aromatic nitrogens is 1. The summed E-state index contributed by atoms with van der Waals surface area (Å²) in [4.78, 5) is 3.99. The normalized spacial score (nSPS) is 10.1. The molecule has 0 amide bonds. The number of nitrogen functional groups attached to an aromatic ring is 1. The Morgan fingerprint density at radius 3 is 2.89 bits per heavy atom. The number of aliphatic hydroxyl groups excluding tert-OH is 1. The van der Waals surface area contributed by atoms with Gasteiger partial charge in [-0.2, -0.15) is 0 Å². The van der Waals surface area contributed by atoms with Crippen LogP contribution in [0.25, 0.3) is 0 Å². The Labute approximate surface area is 104 Å². The molecule has 0 radical (unpaired) electrons. The Kier molecular flexibility index (Phi) is 3.54. The van der Waals surface area contributed by atoms with Gasteiger partial charge in [-0.05, 0) is 29.8 Å². The molecule has 0 aliphatic heterocycles. The van der Waals surface area contributed by atoms with Crippen LogP contribution in [0.5, 0.6) is 11.5 Å². The van der Waals surface area contributed by atoms with Crippen LogP contribution in [-0.4, -0.2) is 15.9 Å². The van der Waals surface area contributed by atoms with E-state index in [-0.39, 0.29) is 12.4 Å². The first kappa shape index (κ1) is 12.1. The second kappa shape index (κ2) is 5.29. The van der Waals surface area contributed by atoms with E-state index in [0.717, 1.165) is 5.56 Å². The van der Waals surface area contributed by atoms with Gasteiger partial charge in [0.15, 0.2) is 5.75 Å². The van der Waals surface area contributed by atoms with Crippen molar-refractivity contribution in [3.8, 4) is 11.5 Å². The van der Waals surface area contributed by atoms with E-state index < -0.39 is 0 Å². The summed E-state index contributed by atoms with van der Waals surface area (Å²) in [7, 11) is 0. The van der Waals surface area contributed by atoms with Crippen LogP contribution < -0.4 is 10.5 Å². The predicted octanol–water partition coefficient (Wildman–Crippen LogP) is 1.65. The molecule has 92 valence electrons. The first-order valence-electron chi connectivity index (χ1n) is 5.38. The highest BCUT2D eigenvalue weighted by Gasteiger charge is 2.08. The Hall–Kier alpha value is -2.40. The highest BCUT2D eigenvalue weighted by molar-refractivity contribution is 5.95. The molecule has 0 unspecified atom stereocenters. The van der Waals surface area contributed by atoms with Crippen LogP contribution in [0.2, 0.25) is 0 Å². The lowest BCUT2D eigenvalue weighted by atomic mass is 10.2. The monoisotopic (exact) mass is 243 g/mol. The molecule has 1 aromatic carbocycles. The average molecular weight is 243 g/mol. The minimum atomic E-state index is -0.149. The molecule has 5 heteroatoms. The second-order valence-corrected chi connectivity index (χ2v) is 3.67. The molecule has 1 aromatic heterocycles. The molecule has 0 saturated heterocycles. The fourth-order valence-corrected chi connectivity index (χ4v) is 1.51. The van der Waals surface area contributed by atoms with Crippen molar-refractivity contribution in [2.75, 3.05) is 0 Å². The van der Waals surface area contributed by atoms with E-state index in [2.05, 4.69) is 4.98 Å². The number of nitrogens with one attached hydrogen (secondary N) is 1. The summed E-state index contributed by atoms with van der Waals surface area (Å²) in [6.45, 7) is -0.0518. The number of hydrogen-bond acceptors (Lipinski definition) is 4. The van der Waals surface area contributed by atoms with E-state index in [4.69, 9.17) is 21.0 Å². The maximum atomic E-state index is 9.05. The van der Waals surface area contributed by atoms with Crippen LogP contribution in [-0.2, 0) is 6.61 Å². The highest BCUT2D eigenvalue weighted by atomic mass is 16.5. The molecule has 0 saturated carbocycles. The van der Waals surface area contributed by atoms with Gasteiger partial charge < -0.3 is 15.6 Å². The van der Waals surface area contributed by atoms with Gasteiger partial charge in [-0.15, -0.1) is 0 Å². The molecule has 0 fully saturated rings. The van der Waals surface area contributed by atoms with Crippen LogP contribution in [0.3, 0.4) is 0 Å². The minimum Gasteiger partial charge on any atom is -0.455 e. The maximum Gasteiger partial charge on any atom is 0.156 e. The molecule has 0 atom stereocenters. The van der Waals surface area contributed by atoms with Crippen LogP contribution >= 0.6 is 0 Å². The van der Waals surface area contributed by atoms with E-state index in [1.807, 2.05) is 0 Å². The topological polar surface area (TPSA) is 92.2 Å². The Morgan fingerprint density at radius 1 is 1.33 bits per heavy atom. The lowest BCUT2D eigenvalue weighted by Crippen LogP contribution is -2.14. The van der Waals surface area contributed by atoms with E-state index in [0.29, 0.717) is 17.2 Å². The van der Waals surface area contributed by atoms with Gasteiger partial charge >= 0.3 is 0 Å². The minimum absolute atomic E-state index is 0.0518. The lowest BCUT2D eigenvalue weighted by molar-refractivity contribution is 0.281. The van der Waals surface area contributed by atoms with Crippen molar-refractivity contribution in [1.29, 1.82) is 5.41 Å². The Morgan fingerprint density at radius 2 is 2.17 bits per heavy atom. The molecule has 0 bridgehead atoms. The van der Waals surface area contributed by atoms with Crippen molar-refractivity contribution in [2.45, 2.75) is 6.61 Å². The first-order chi connectivity index (χ1) is 8.70. The number of rotatable bonds is 4. The van der Waals surface area contributed by atoms with E-state index >= 15 is 0 Å². The first-order valence-corrected chi connectivity index (χ1v) is 5.38. The van der Waals surface area contributed by atoms with Gasteiger partial charge in [0, 0.05) is 6.20 Å². The summed E-state index contributed by atoms with van der Waals surface area (Å²) < 4.78 is 5.62. The Balaban J connectivity index is 2.31. The molecule has 2 aromatic rings. The molecule has 0 aliphatic rings. The van der Waals surface area contributed by atoms with Gasteiger partial charge in [0.2, 0.25) is 0 Å². The molecule has 18 heavy (non-hydrogen) atoms. The molecular formula is C13H13N3O2. The summed E-state index contributed by atoms with van der Waals surface area (Å²) >= 11 is 0. The fraction of sp³-hybridized carbons (Fsp3) is 0.0769. The number of pyridine rings is 1. The SMILES string of the molecule is N=C(N)c1ncccc1Oc1cccc(CO)c1. The highest BCUT2D eigenvalue weighted by Crippen LogP contribution is 2.24. The van der Waals surface area contributed by atoms with Crippen molar-refractivity contribution in [2.24, 2.45) is 5.73 Å². The predicted molar refractivity (Wildman–Crippen MR) is 67.7 cm³/mol. The van der Waals surface area contributed by atoms with Crippen LogP contribution in [0.4, 0.5) is 0 Å². The zero-order chi connectivity index (χ0) is 13.0. The lowest BCUT2D eigenvalue weighted by Gasteiger charge is -2.09. The zero-order valence-electron chi connectivity index (χ0n) is 9.63. The third kappa shape index (κ3) is 2.64. The van der Waals surface area contributed by atoms with Crippen molar-refractivity contribution >= 4 is 5.84 Å². The fourth-order valence-electron chi connectivity index (χ4n) is 1.51. The summed E-state index contributed by atoms with van der Waals surface area (Å²) in [6, 6.07) is 10.5. The van der Waals surface area contributed by atoms with E-state index in [1.165, 1.54) is 0 Å². The number of ether oxygens (including phenoxy) is 1. The largest absolute Gasteiger partial charge is 0.455 e. The average Bonchev–Trinajstić information content (AvgIpc) is 2.39. The van der Waals surface area contributed by atoms with E-state index in [1.54, 1.807) is 42.6 Å². The van der Waals surface area contributed by atoms with Gasteiger partial charge in [-0.25, -0.2) is 4.98 Å². The van der Waals surface area contributed by atoms with Gasteiger partial charge in [0.1, 0.15) is 17.3 Å². The van der Waals surface area contributed by atoms with Crippen molar-refractivity contribution in [1.82, 2.24) is 4.98 Å². The molecule has 2 rings (SSSR count). The number of nitrogens with zero attached hydrogens (tertiary/aromatic N) is 1. The van der Waals surface area contributed by atoms with Crippen LogP contribution in [0.1, 0.15) is 11.3 Å². The molecule has 0 aliphatic carbocycles. The summed E-state index contributed by atoms with van der Waals surface area (Å²) in [5, 5.41) is 16.5. The van der Waals surface area contributed by atoms with Crippen LogP contribution in [0.15, 0.2) is 42.6 Å². The third-order valence-electron chi connectivity index (χ3n) is 2.33. The molecular weight excluding hydrogens is 230 g/mol. The summed E-state index contributed by atoms with van der Waals surface area (Å²) in [5.74, 6) is 0.834.